The van der Waals surface area contributed by atoms with Gasteiger partial charge in [-0.05, 0) is 30.2 Å². The first-order valence-electron chi connectivity index (χ1n) is 5.40. The van der Waals surface area contributed by atoms with Gasteiger partial charge in [0.15, 0.2) is 0 Å². The first-order valence-corrected chi connectivity index (χ1v) is 5.40. The van der Waals surface area contributed by atoms with E-state index in [1.54, 1.807) is 12.1 Å². The topological polar surface area (TPSA) is 21.3 Å². The van der Waals surface area contributed by atoms with Crippen molar-refractivity contribution in [2.45, 2.75) is 26.9 Å². The molecule has 0 amide bonds. The Labute approximate surface area is 94.6 Å². The summed E-state index contributed by atoms with van der Waals surface area (Å²) in [4.78, 5) is 0. The van der Waals surface area contributed by atoms with Crippen molar-refractivity contribution in [3.8, 4) is 5.75 Å². The van der Waals surface area contributed by atoms with Gasteiger partial charge in [0.25, 0.3) is 0 Å². The van der Waals surface area contributed by atoms with Gasteiger partial charge in [0.1, 0.15) is 5.75 Å². The van der Waals surface area contributed by atoms with Crippen molar-refractivity contribution in [3.63, 3.8) is 0 Å². The minimum absolute atomic E-state index is 0.184. The van der Waals surface area contributed by atoms with Gasteiger partial charge in [-0.15, -0.1) is 0 Å². The first-order chi connectivity index (χ1) is 7.61. The fourth-order valence-electron chi connectivity index (χ4n) is 1.19. The second-order valence-corrected chi connectivity index (χ2v) is 3.80. The molecule has 0 saturated carbocycles. The zero-order chi connectivity index (χ0) is 12.0. The van der Waals surface area contributed by atoms with Gasteiger partial charge in [-0.3, -0.25) is 0 Å². The number of rotatable bonds is 6. The molecule has 1 aromatic rings. The van der Waals surface area contributed by atoms with Crippen molar-refractivity contribution in [2.24, 2.45) is 5.92 Å². The molecule has 1 rings (SSSR count). The van der Waals surface area contributed by atoms with E-state index in [2.05, 4.69) is 23.9 Å². The maximum Gasteiger partial charge on any atom is 0.387 e. The van der Waals surface area contributed by atoms with Gasteiger partial charge in [0, 0.05) is 12.2 Å². The van der Waals surface area contributed by atoms with Crippen LogP contribution in [0.5, 0.6) is 5.75 Å². The molecule has 0 aliphatic heterocycles. The van der Waals surface area contributed by atoms with Crippen molar-refractivity contribution in [1.29, 1.82) is 0 Å². The summed E-state index contributed by atoms with van der Waals surface area (Å²) in [5.41, 5.74) is 0.918. The second kappa shape index (κ2) is 6.30. The van der Waals surface area contributed by atoms with Crippen LogP contribution < -0.4 is 10.1 Å². The SMILES string of the molecule is CCC(C)CNc1ccc(OC(F)F)cc1. The van der Waals surface area contributed by atoms with Crippen LogP contribution in [-0.4, -0.2) is 13.2 Å². The lowest BCUT2D eigenvalue weighted by atomic mass is 10.1. The van der Waals surface area contributed by atoms with Gasteiger partial charge in [-0.25, -0.2) is 0 Å². The Morgan fingerprint density at radius 3 is 2.38 bits per heavy atom. The molecule has 90 valence electrons. The number of nitrogens with one attached hydrogen (secondary N) is 1. The molecule has 1 N–H and O–H groups in total. The predicted octanol–water partition coefficient (Wildman–Crippen LogP) is 3.75. The number of hydrogen-bond donors (Lipinski definition) is 1. The standard InChI is InChI=1S/C12H17F2NO/c1-3-9(2)8-15-10-4-6-11(7-5-10)16-12(13)14/h4-7,9,12,15H,3,8H2,1-2H3. The molecule has 1 aromatic carbocycles. The minimum atomic E-state index is -2.76. The van der Waals surface area contributed by atoms with Gasteiger partial charge in [-0.2, -0.15) is 8.78 Å². The van der Waals surface area contributed by atoms with E-state index in [9.17, 15) is 8.78 Å². The van der Waals surface area contributed by atoms with Crippen LogP contribution in [0.25, 0.3) is 0 Å². The van der Waals surface area contributed by atoms with Crippen LogP contribution in [0.4, 0.5) is 14.5 Å². The summed E-state index contributed by atoms with van der Waals surface area (Å²) in [6.45, 7) is 2.40. The molecule has 0 aliphatic carbocycles. The number of anilines is 1. The van der Waals surface area contributed by atoms with Crippen molar-refractivity contribution < 1.29 is 13.5 Å². The third kappa shape index (κ3) is 4.47. The Morgan fingerprint density at radius 1 is 1.25 bits per heavy atom. The van der Waals surface area contributed by atoms with E-state index in [0.29, 0.717) is 5.92 Å². The van der Waals surface area contributed by atoms with Crippen LogP contribution in [0.1, 0.15) is 20.3 Å². The van der Waals surface area contributed by atoms with Crippen molar-refractivity contribution in [2.75, 3.05) is 11.9 Å². The van der Waals surface area contributed by atoms with E-state index < -0.39 is 6.61 Å². The summed E-state index contributed by atoms with van der Waals surface area (Å²) in [6.07, 6.45) is 1.11. The predicted molar refractivity (Wildman–Crippen MR) is 61.0 cm³/mol. The highest BCUT2D eigenvalue weighted by Gasteiger charge is 2.03. The summed E-state index contributed by atoms with van der Waals surface area (Å²) in [6, 6.07) is 6.54. The van der Waals surface area contributed by atoms with E-state index in [0.717, 1.165) is 18.7 Å². The lowest BCUT2D eigenvalue weighted by Crippen LogP contribution is -2.10. The van der Waals surface area contributed by atoms with Crippen LogP contribution in [0.15, 0.2) is 24.3 Å². The lowest BCUT2D eigenvalue weighted by molar-refractivity contribution is -0.0498. The molecular formula is C12H17F2NO. The molecular weight excluding hydrogens is 212 g/mol. The van der Waals surface area contributed by atoms with Gasteiger partial charge < -0.3 is 10.1 Å². The monoisotopic (exact) mass is 229 g/mol. The van der Waals surface area contributed by atoms with Gasteiger partial charge in [0.05, 0.1) is 0 Å². The largest absolute Gasteiger partial charge is 0.435 e. The summed E-state index contributed by atoms with van der Waals surface area (Å²) in [7, 11) is 0. The lowest BCUT2D eigenvalue weighted by Gasteiger charge is -2.11. The average molecular weight is 229 g/mol. The molecule has 1 unspecified atom stereocenters. The Kier molecular flexibility index (Phi) is 5.02. The van der Waals surface area contributed by atoms with Gasteiger partial charge in [-0.1, -0.05) is 20.3 Å². The number of alkyl halides is 2. The Morgan fingerprint density at radius 2 is 1.88 bits per heavy atom. The van der Waals surface area contributed by atoms with Crippen molar-refractivity contribution in [1.82, 2.24) is 0 Å². The summed E-state index contributed by atoms with van der Waals surface area (Å²) < 4.78 is 28.0. The maximum atomic E-state index is 11.9. The minimum Gasteiger partial charge on any atom is -0.435 e. The highest BCUT2D eigenvalue weighted by Crippen LogP contribution is 2.18. The molecule has 0 saturated heterocycles. The van der Waals surface area contributed by atoms with Crippen LogP contribution in [-0.2, 0) is 0 Å². The number of ether oxygens (including phenoxy) is 1. The zero-order valence-electron chi connectivity index (χ0n) is 9.54. The molecule has 16 heavy (non-hydrogen) atoms. The van der Waals surface area contributed by atoms with E-state index in [-0.39, 0.29) is 5.75 Å². The molecule has 0 heterocycles. The summed E-state index contributed by atoms with van der Waals surface area (Å²) in [5, 5.41) is 3.23. The van der Waals surface area contributed by atoms with Crippen LogP contribution >= 0.6 is 0 Å². The number of halogens is 2. The van der Waals surface area contributed by atoms with Crippen molar-refractivity contribution >= 4 is 5.69 Å². The molecule has 0 aliphatic rings. The first kappa shape index (κ1) is 12.7. The smallest absolute Gasteiger partial charge is 0.387 e. The third-order valence-corrected chi connectivity index (χ3v) is 2.43. The second-order valence-electron chi connectivity index (χ2n) is 3.80. The van der Waals surface area contributed by atoms with E-state index >= 15 is 0 Å². The Bertz CT molecular complexity index is 300. The molecule has 0 aromatic heterocycles. The van der Waals surface area contributed by atoms with Gasteiger partial charge >= 0.3 is 6.61 Å². The third-order valence-electron chi connectivity index (χ3n) is 2.43. The molecule has 1 atom stereocenters. The van der Waals surface area contributed by atoms with Crippen LogP contribution in [0.2, 0.25) is 0 Å². The Balaban J connectivity index is 2.45. The molecule has 0 radical (unpaired) electrons. The highest BCUT2D eigenvalue weighted by molar-refractivity contribution is 5.46. The highest BCUT2D eigenvalue weighted by atomic mass is 19.3. The van der Waals surface area contributed by atoms with Crippen LogP contribution in [0, 0.1) is 5.92 Å². The van der Waals surface area contributed by atoms with Gasteiger partial charge in [0.2, 0.25) is 0 Å². The maximum absolute atomic E-state index is 11.9. The van der Waals surface area contributed by atoms with E-state index in [4.69, 9.17) is 0 Å². The van der Waals surface area contributed by atoms with Crippen LogP contribution in [0.3, 0.4) is 0 Å². The fraction of sp³-hybridized carbons (Fsp3) is 0.500. The molecule has 2 nitrogen and oxygen atoms in total. The average Bonchev–Trinajstić information content (AvgIpc) is 2.27. The zero-order valence-corrected chi connectivity index (χ0v) is 9.54. The van der Waals surface area contributed by atoms with E-state index in [1.165, 1.54) is 12.1 Å². The molecule has 0 spiro atoms. The van der Waals surface area contributed by atoms with E-state index in [1.807, 2.05) is 0 Å². The summed E-state index contributed by atoms with van der Waals surface area (Å²) >= 11 is 0. The number of benzene rings is 1. The molecule has 0 fully saturated rings. The fourth-order valence-corrected chi connectivity index (χ4v) is 1.19. The molecule has 4 heteroatoms. The molecule has 0 bridgehead atoms. The van der Waals surface area contributed by atoms with Crippen molar-refractivity contribution in [3.05, 3.63) is 24.3 Å². The normalized spacial score (nSPS) is 12.6. The summed E-state index contributed by atoms with van der Waals surface area (Å²) in [5.74, 6) is 0.779. The quantitative estimate of drug-likeness (QED) is 0.802. The number of hydrogen-bond acceptors (Lipinski definition) is 2. The Hall–Kier alpha value is -1.32.